The van der Waals surface area contributed by atoms with Crippen LogP contribution in [0.3, 0.4) is 0 Å². The lowest BCUT2D eigenvalue weighted by Gasteiger charge is -2.33. The third-order valence-corrected chi connectivity index (χ3v) is 9.12. The van der Waals surface area contributed by atoms with E-state index in [-0.39, 0.29) is 30.8 Å². The van der Waals surface area contributed by atoms with E-state index in [1.165, 1.54) is 10.6 Å². The molecule has 1 unspecified atom stereocenters. The van der Waals surface area contributed by atoms with Gasteiger partial charge in [-0.1, -0.05) is 91.2 Å². The van der Waals surface area contributed by atoms with Gasteiger partial charge < -0.3 is 10.2 Å². The number of carbonyl (C=O) groups excluding carboxylic acids is 2. The molecule has 1 aliphatic rings. The van der Waals surface area contributed by atoms with Crippen molar-refractivity contribution in [3.05, 3.63) is 101 Å². The van der Waals surface area contributed by atoms with Crippen molar-refractivity contribution in [1.29, 1.82) is 0 Å². The number of aryl methyl sites for hydroxylation is 2. The summed E-state index contributed by atoms with van der Waals surface area (Å²) < 4.78 is 26.8. The van der Waals surface area contributed by atoms with Gasteiger partial charge in [0.25, 0.3) is 0 Å². The Morgan fingerprint density at radius 2 is 1.57 bits per heavy atom. The third kappa shape index (κ3) is 8.68. The van der Waals surface area contributed by atoms with E-state index in [0.717, 1.165) is 47.9 Å². The first-order valence-corrected chi connectivity index (χ1v) is 16.7. The number of benzene rings is 3. The number of hydrogen-bond donors (Lipinski definition) is 1. The van der Waals surface area contributed by atoms with Crippen LogP contribution in [-0.2, 0) is 32.6 Å². The first-order valence-electron chi connectivity index (χ1n) is 14.8. The first-order chi connectivity index (χ1) is 20.1. The molecule has 0 spiro atoms. The molecule has 8 heteroatoms. The number of rotatable bonds is 13. The van der Waals surface area contributed by atoms with Gasteiger partial charge in [-0.25, -0.2) is 8.42 Å². The molecule has 1 aliphatic carbocycles. The molecule has 2 amide bonds. The molecule has 1 fully saturated rings. The summed E-state index contributed by atoms with van der Waals surface area (Å²) in [4.78, 5) is 29.6. The molecule has 0 saturated heterocycles. The van der Waals surface area contributed by atoms with Gasteiger partial charge in [0.2, 0.25) is 21.8 Å². The van der Waals surface area contributed by atoms with E-state index in [1.54, 1.807) is 11.0 Å². The number of nitrogens with zero attached hydrogens (tertiary/aromatic N) is 2. The molecule has 42 heavy (non-hydrogen) atoms. The molecular weight excluding hydrogens is 546 g/mol. The molecule has 0 heterocycles. The molecule has 0 aliphatic heterocycles. The van der Waals surface area contributed by atoms with Gasteiger partial charge in [0, 0.05) is 32.0 Å². The number of sulfonamides is 1. The lowest BCUT2D eigenvalue weighted by atomic mass is 10.0. The predicted molar refractivity (Wildman–Crippen MR) is 169 cm³/mol. The van der Waals surface area contributed by atoms with Crippen LogP contribution in [0.25, 0.3) is 0 Å². The molecule has 4 rings (SSSR count). The molecule has 0 radical (unpaired) electrons. The SMILES string of the molecule is Cc1cccc(CN(C(=O)CCCN(c2ccccc2C)S(C)(=O)=O)C(Cc2ccccc2)C(=O)NC2CCCC2)c1. The molecule has 1 N–H and O–H groups in total. The summed E-state index contributed by atoms with van der Waals surface area (Å²) in [5, 5.41) is 3.23. The van der Waals surface area contributed by atoms with Crippen molar-refractivity contribution < 1.29 is 18.0 Å². The second-order valence-corrected chi connectivity index (χ2v) is 13.3. The van der Waals surface area contributed by atoms with Crippen molar-refractivity contribution in [2.24, 2.45) is 0 Å². The zero-order chi connectivity index (χ0) is 30.1. The molecule has 3 aromatic rings. The molecule has 7 nitrogen and oxygen atoms in total. The Kier molecular flexibility index (Phi) is 10.8. The van der Waals surface area contributed by atoms with Crippen LogP contribution in [0.4, 0.5) is 5.69 Å². The molecule has 1 saturated carbocycles. The number of hydrogen-bond acceptors (Lipinski definition) is 4. The maximum atomic E-state index is 14.0. The molecule has 0 aromatic heterocycles. The summed E-state index contributed by atoms with van der Waals surface area (Å²) >= 11 is 0. The Hall–Kier alpha value is -3.65. The number of carbonyl (C=O) groups is 2. The molecule has 0 bridgehead atoms. The van der Waals surface area contributed by atoms with Crippen LogP contribution in [-0.4, -0.2) is 50.0 Å². The van der Waals surface area contributed by atoms with E-state index in [9.17, 15) is 18.0 Å². The molecule has 224 valence electrons. The van der Waals surface area contributed by atoms with E-state index >= 15 is 0 Å². The Morgan fingerprint density at radius 3 is 2.24 bits per heavy atom. The summed E-state index contributed by atoms with van der Waals surface area (Å²) in [7, 11) is -3.55. The number of anilines is 1. The van der Waals surface area contributed by atoms with E-state index in [4.69, 9.17) is 0 Å². The minimum Gasteiger partial charge on any atom is -0.352 e. The largest absolute Gasteiger partial charge is 0.352 e. The Labute approximate surface area is 251 Å². The third-order valence-electron chi connectivity index (χ3n) is 7.94. The average molecular weight is 590 g/mol. The highest BCUT2D eigenvalue weighted by atomic mass is 32.2. The van der Waals surface area contributed by atoms with Crippen LogP contribution in [0.15, 0.2) is 78.9 Å². The van der Waals surface area contributed by atoms with Crippen molar-refractivity contribution in [3.63, 3.8) is 0 Å². The Balaban J connectivity index is 1.59. The van der Waals surface area contributed by atoms with Gasteiger partial charge in [0.15, 0.2) is 0 Å². The lowest BCUT2D eigenvalue weighted by Crippen LogP contribution is -2.52. The van der Waals surface area contributed by atoms with Crippen molar-refractivity contribution in [3.8, 4) is 0 Å². The second kappa shape index (κ2) is 14.5. The second-order valence-electron chi connectivity index (χ2n) is 11.4. The van der Waals surface area contributed by atoms with E-state index in [2.05, 4.69) is 5.32 Å². The zero-order valence-electron chi connectivity index (χ0n) is 25.0. The Bertz CT molecular complexity index is 1450. The minimum atomic E-state index is -3.55. The monoisotopic (exact) mass is 589 g/mol. The van der Waals surface area contributed by atoms with Crippen LogP contribution in [0.2, 0.25) is 0 Å². The topological polar surface area (TPSA) is 86.8 Å². The van der Waals surface area contributed by atoms with Crippen LogP contribution in [0.5, 0.6) is 0 Å². The summed E-state index contributed by atoms with van der Waals surface area (Å²) in [5.41, 5.74) is 4.47. The van der Waals surface area contributed by atoms with Crippen LogP contribution in [0.1, 0.15) is 60.8 Å². The fourth-order valence-corrected chi connectivity index (χ4v) is 6.78. The summed E-state index contributed by atoms with van der Waals surface area (Å²) in [6, 6.07) is 24.6. The molecule has 3 aromatic carbocycles. The average Bonchev–Trinajstić information content (AvgIpc) is 3.46. The maximum absolute atomic E-state index is 14.0. The highest BCUT2D eigenvalue weighted by Crippen LogP contribution is 2.24. The quantitative estimate of drug-likeness (QED) is 0.283. The number of amides is 2. The Morgan fingerprint density at radius 1 is 0.905 bits per heavy atom. The van der Waals surface area contributed by atoms with Crippen LogP contribution < -0.4 is 9.62 Å². The van der Waals surface area contributed by atoms with Gasteiger partial charge in [-0.2, -0.15) is 0 Å². The van der Waals surface area contributed by atoms with E-state index in [1.807, 2.05) is 86.6 Å². The van der Waals surface area contributed by atoms with Gasteiger partial charge in [-0.15, -0.1) is 0 Å². The summed E-state index contributed by atoms with van der Waals surface area (Å²) in [6.07, 6.45) is 6.13. The minimum absolute atomic E-state index is 0.117. The van der Waals surface area contributed by atoms with Gasteiger partial charge >= 0.3 is 0 Å². The lowest BCUT2D eigenvalue weighted by molar-refractivity contribution is -0.141. The summed E-state index contributed by atoms with van der Waals surface area (Å²) in [6.45, 7) is 4.35. The zero-order valence-corrected chi connectivity index (χ0v) is 25.8. The van der Waals surface area contributed by atoms with Gasteiger partial charge in [0.1, 0.15) is 6.04 Å². The van der Waals surface area contributed by atoms with Crippen molar-refractivity contribution in [2.75, 3.05) is 17.1 Å². The van der Waals surface area contributed by atoms with Gasteiger partial charge in [-0.3, -0.25) is 13.9 Å². The van der Waals surface area contributed by atoms with Crippen LogP contribution >= 0.6 is 0 Å². The number of nitrogens with one attached hydrogen (secondary N) is 1. The van der Waals surface area contributed by atoms with Crippen LogP contribution in [0, 0.1) is 13.8 Å². The normalized spacial score (nSPS) is 14.4. The van der Waals surface area contributed by atoms with Gasteiger partial charge in [-0.05, 0) is 55.9 Å². The first kappa shape index (κ1) is 31.3. The van der Waals surface area contributed by atoms with E-state index in [0.29, 0.717) is 25.1 Å². The maximum Gasteiger partial charge on any atom is 0.243 e. The fraction of sp³-hybridized carbons (Fsp3) is 0.412. The van der Waals surface area contributed by atoms with Crippen molar-refractivity contribution in [1.82, 2.24) is 10.2 Å². The van der Waals surface area contributed by atoms with Crippen molar-refractivity contribution >= 4 is 27.5 Å². The highest BCUT2D eigenvalue weighted by molar-refractivity contribution is 7.92. The predicted octanol–water partition coefficient (Wildman–Crippen LogP) is 5.55. The highest BCUT2D eigenvalue weighted by Gasteiger charge is 2.32. The molecular formula is C34H43N3O4S. The summed E-state index contributed by atoms with van der Waals surface area (Å²) in [5.74, 6) is -0.304. The molecule has 1 atom stereocenters. The van der Waals surface area contributed by atoms with E-state index < -0.39 is 16.1 Å². The van der Waals surface area contributed by atoms with Crippen molar-refractivity contribution in [2.45, 2.75) is 77.4 Å². The number of para-hydroxylation sites is 1. The smallest absolute Gasteiger partial charge is 0.243 e. The standard InChI is InChI=1S/C34H43N3O4S/c1-26-13-11-17-29(23-26)25-36(32(24-28-15-5-4-6-16-28)34(39)35-30-18-8-9-19-30)33(38)21-12-22-37(42(3,40)41)31-20-10-7-14-27(31)2/h4-7,10-11,13-17,20,23,30,32H,8-9,12,18-19,21-22,24-25H2,1-3H3,(H,35,39). The fourth-order valence-electron chi connectivity index (χ4n) is 5.75. The van der Waals surface area contributed by atoms with Gasteiger partial charge in [0.05, 0.1) is 11.9 Å².